The second kappa shape index (κ2) is 9.48. The number of ether oxygens (including phenoxy) is 2. The molecule has 0 spiro atoms. The Morgan fingerprint density at radius 2 is 1.71 bits per heavy atom. The SMILES string of the molecule is CN(C)CCOc1ccccc1C(=O)Nc1ccc(Oc2ncccn2)cc1. The number of carbonyl (C=O) groups is 1. The average molecular weight is 378 g/mol. The van der Waals surface area contributed by atoms with Crippen LogP contribution in [0, 0.1) is 0 Å². The summed E-state index contributed by atoms with van der Waals surface area (Å²) in [6, 6.07) is 16.2. The van der Waals surface area contributed by atoms with Crippen molar-refractivity contribution in [3.8, 4) is 17.5 Å². The van der Waals surface area contributed by atoms with Crippen molar-refractivity contribution in [3.63, 3.8) is 0 Å². The van der Waals surface area contributed by atoms with Gasteiger partial charge in [0.1, 0.15) is 18.1 Å². The van der Waals surface area contributed by atoms with Crippen LogP contribution < -0.4 is 14.8 Å². The van der Waals surface area contributed by atoms with Gasteiger partial charge in [-0.25, -0.2) is 9.97 Å². The fourth-order valence-corrected chi connectivity index (χ4v) is 2.37. The second-order valence-corrected chi connectivity index (χ2v) is 6.26. The third kappa shape index (κ3) is 5.52. The molecule has 3 rings (SSSR count). The monoisotopic (exact) mass is 378 g/mol. The van der Waals surface area contributed by atoms with Gasteiger partial charge >= 0.3 is 6.01 Å². The predicted molar refractivity (Wildman–Crippen MR) is 107 cm³/mol. The molecule has 0 aliphatic rings. The summed E-state index contributed by atoms with van der Waals surface area (Å²) in [7, 11) is 3.94. The van der Waals surface area contributed by atoms with Crippen molar-refractivity contribution in [3.05, 3.63) is 72.6 Å². The van der Waals surface area contributed by atoms with E-state index in [2.05, 4.69) is 15.3 Å². The zero-order valence-electron chi connectivity index (χ0n) is 15.8. The van der Waals surface area contributed by atoms with Crippen LogP contribution >= 0.6 is 0 Å². The first-order valence-corrected chi connectivity index (χ1v) is 8.84. The lowest BCUT2D eigenvalue weighted by Gasteiger charge is -2.14. The first-order chi connectivity index (χ1) is 13.6. The van der Waals surface area contributed by atoms with Crippen LogP contribution in [0.4, 0.5) is 5.69 Å². The molecule has 7 heteroatoms. The molecular weight excluding hydrogens is 356 g/mol. The number of nitrogens with one attached hydrogen (secondary N) is 1. The lowest BCUT2D eigenvalue weighted by atomic mass is 10.2. The highest BCUT2D eigenvalue weighted by Crippen LogP contribution is 2.22. The van der Waals surface area contributed by atoms with Crippen LogP contribution in [0.1, 0.15) is 10.4 Å². The predicted octanol–water partition coefficient (Wildman–Crippen LogP) is 3.46. The number of benzene rings is 2. The van der Waals surface area contributed by atoms with E-state index in [0.29, 0.717) is 29.4 Å². The fourth-order valence-electron chi connectivity index (χ4n) is 2.37. The average Bonchev–Trinajstić information content (AvgIpc) is 2.70. The van der Waals surface area contributed by atoms with Crippen LogP contribution in [0.15, 0.2) is 67.0 Å². The normalized spacial score (nSPS) is 10.5. The highest BCUT2D eigenvalue weighted by molar-refractivity contribution is 6.06. The number of amides is 1. The van der Waals surface area contributed by atoms with Crippen LogP contribution in [-0.2, 0) is 0 Å². The Morgan fingerprint density at radius 3 is 2.43 bits per heavy atom. The smallest absolute Gasteiger partial charge is 0.321 e. The Hall–Kier alpha value is -3.45. The minimum absolute atomic E-state index is 0.236. The minimum atomic E-state index is -0.236. The fraction of sp³-hybridized carbons (Fsp3) is 0.190. The number of hydrogen-bond acceptors (Lipinski definition) is 6. The van der Waals surface area contributed by atoms with Crippen molar-refractivity contribution >= 4 is 11.6 Å². The van der Waals surface area contributed by atoms with Crippen LogP contribution in [0.25, 0.3) is 0 Å². The van der Waals surface area contributed by atoms with Crippen molar-refractivity contribution < 1.29 is 14.3 Å². The van der Waals surface area contributed by atoms with Gasteiger partial charge in [0.15, 0.2) is 0 Å². The molecule has 0 atom stereocenters. The number of aromatic nitrogens is 2. The largest absolute Gasteiger partial charge is 0.491 e. The maximum absolute atomic E-state index is 12.7. The van der Waals surface area contributed by atoms with E-state index in [1.165, 1.54) is 0 Å². The summed E-state index contributed by atoms with van der Waals surface area (Å²) in [6.45, 7) is 1.27. The number of likely N-dealkylation sites (N-methyl/N-ethyl adjacent to an activating group) is 1. The number of rotatable bonds is 8. The van der Waals surface area contributed by atoms with Gasteiger partial charge in [-0.15, -0.1) is 0 Å². The van der Waals surface area contributed by atoms with E-state index in [4.69, 9.17) is 9.47 Å². The molecular formula is C21H22N4O3. The summed E-state index contributed by atoms with van der Waals surface area (Å²) in [4.78, 5) is 22.7. The molecule has 0 aliphatic carbocycles. The van der Waals surface area contributed by atoms with Gasteiger partial charge in [-0.3, -0.25) is 4.79 Å². The molecule has 28 heavy (non-hydrogen) atoms. The highest BCUT2D eigenvalue weighted by atomic mass is 16.5. The molecule has 1 N–H and O–H groups in total. The molecule has 2 aromatic carbocycles. The topological polar surface area (TPSA) is 76.6 Å². The maximum atomic E-state index is 12.7. The van der Waals surface area contributed by atoms with Gasteiger partial charge in [-0.05, 0) is 56.6 Å². The first-order valence-electron chi connectivity index (χ1n) is 8.84. The molecule has 1 amide bonds. The third-order valence-corrected chi connectivity index (χ3v) is 3.79. The van der Waals surface area contributed by atoms with E-state index in [1.54, 1.807) is 54.9 Å². The summed E-state index contributed by atoms with van der Waals surface area (Å²) in [5, 5.41) is 2.87. The Morgan fingerprint density at radius 1 is 1.00 bits per heavy atom. The quantitative estimate of drug-likeness (QED) is 0.647. The maximum Gasteiger partial charge on any atom is 0.321 e. The molecule has 0 fully saturated rings. The lowest BCUT2D eigenvalue weighted by Crippen LogP contribution is -2.20. The van der Waals surface area contributed by atoms with Crippen molar-refractivity contribution in [2.45, 2.75) is 0 Å². The zero-order valence-corrected chi connectivity index (χ0v) is 15.8. The van der Waals surface area contributed by atoms with E-state index in [9.17, 15) is 4.79 Å². The molecule has 1 heterocycles. The van der Waals surface area contributed by atoms with E-state index in [1.807, 2.05) is 31.1 Å². The zero-order chi connectivity index (χ0) is 19.8. The number of para-hydroxylation sites is 1. The van der Waals surface area contributed by atoms with E-state index < -0.39 is 0 Å². The Kier molecular flexibility index (Phi) is 6.54. The molecule has 0 saturated heterocycles. The number of hydrogen-bond donors (Lipinski definition) is 1. The number of nitrogens with zero attached hydrogens (tertiary/aromatic N) is 3. The number of anilines is 1. The van der Waals surface area contributed by atoms with E-state index in [0.717, 1.165) is 6.54 Å². The first kappa shape index (κ1) is 19.3. The van der Waals surface area contributed by atoms with Gasteiger partial charge in [0.2, 0.25) is 0 Å². The van der Waals surface area contributed by atoms with Gasteiger partial charge in [0.25, 0.3) is 5.91 Å². The Bertz CT molecular complexity index is 899. The van der Waals surface area contributed by atoms with Gasteiger partial charge in [0.05, 0.1) is 5.56 Å². The van der Waals surface area contributed by atoms with Crippen molar-refractivity contribution in [1.29, 1.82) is 0 Å². The molecule has 144 valence electrons. The molecule has 3 aromatic rings. The Labute approximate surface area is 164 Å². The minimum Gasteiger partial charge on any atom is -0.491 e. The third-order valence-electron chi connectivity index (χ3n) is 3.79. The summed E-state index contributed by atoms with van der Waals surface area (Å²) < 4.78 is 11.3. The molecule has 0 saturated carbocycles. The number of carbonyl (C=O) groups excluding carboxylic acids is 1. The summed E-state index contributed by atoms with van der Waals surface area (Å²) in [5.74, 6) is 0.903. The van der Waals surface area contributed by atoms with E-state index >= 15 is 0 Å². The molecule has 7 nitrogen and oxygen atoms in total. The molecule has 0 aliphatic heterocycles. The van der Waals surface area contributed by atoms with Crippen molar-refractivity contribution in [1.82, 2.24) is 14.9 Å². The van der Waals surface area contributed by atoms with Crippen LogP contribution in [0.3, 0.4) is 0 Å². The summed E-state index contributed by atoms with van der Waals surface area (Å²) in [6.07, 6.45) is 3.21. The standard InChI is InChI=1S/C21H22N4O3/c1-25(2)14-15-27-19-7-4-3-6-18(19)20(26)24-16-8-10-17(11-9-16)28-21-22-12-5-13-23-21/h3-13H,14-15H2,1-2H3,(H,24,26). The molecule has 1 aromatic heterocycles. The Balaban J connectivity index is 1.63. The lowest BCUT2D eigenvalue weighted by molar-refractivity contribution is 0.102. The van der Waals surface area contributed by atoms with Gasteiger partial charge in [0, 0.05) is 24.6 Å². The molecule has 0 unspecified atom stereocenters. The molecule has 0 radical (unpaired) electrons. The van der Waals surface area contributed by atoms with Crippen LogP contribution in [0.5, 0.6) is 17.5 Å². The summed E-state index contributed by atoms with van der Waals surface area (Å²) in [5.41, 5.74) is 1.13. The van der Waals surface area contributed by atoms with Crippen LogP contribution in [0.2, 0.25) is 0 Å². The second-order valence-electron chi connectivity index (χ2n) is 6.26. The molecule has 0 bridgehead atoms. The van der Waals surface area contributed by atoms with E-state index in [-0.39, 0.29) is 11.9 Å². The summed E-state index contributed by atoms with van der Waals surface area (Å²) >= 11 is 0. The van der Waals surface area contributed by atoms with Crippen molar-refractivity contribution in [2.75, 3.05) is 32.6 Å². The highest BCUT2D eigenvalue weighted by Gasteiger charge is 2.12. The van der Waals surface area contributed by atoms with Gasteiger partial charge in [-0.1, -0.05) is 12.1 Å². The van der Waals surface area contributed by atoms with Gasteiger partial charge in [-0.2, -0.15) is 0 Å². The van der Waals surface area contributed by atoms with Gasteiger partial charge < -0.3 is 19.7 Å². The van der Waals surface area contributed by atoms with Crippen molar-refractivity contribution in [2.24, 2.45) is 0 Å². The van der Waals surface area contributed by atoms with Crippen LogP contribution in [-0.4, -0.2) is 48.0 Å².